The number of imide groups is 1. The summed E-state index contributed by atoms with van der Waals surface area (Å²) in [7, 11) is 4.81. The molecule has 1 heterocycles. The smallest absolute Gasteiger partial charge is 0.270 e. The van der Waals surface area contributed by atoms with Gasteiger partial charge < -0.3 is 0 Å². The molecule has 2 amide bonds. The van der Waals surface area contributed by atoms with Crippen molar-refractivity contribution in [3.63, 3.8) is 0 Å². The van der Waals surface area contributed by atoms with Gasteiger partial charge >= 0.3 is 8.26 Å². The molecular weight excluding hydrogens is 361 g/mol. The fraction of sp³-hybridized carbons (Fsp3) is 0.0667. The summed E-state index contributed by atoms with van der Waals surface area (Å²) < 4.78 is 18.3. The summed E-state index contributed by atoms with van der Waals surface area (Å²) in [4.78, 5) is 25.6. The van der Waals surface area contributed by atoms with Crippen LogP contribution < -0.4 is 0 Å². The zero-order valence-electron chi connectivity index (χ0n) is 11.6. The monoisotopic (exact) mass is 371 g/mol. The molecule has 0 atom stereocenters. The fourth-order valence-corrected chi connectivity index (χ4v) is 2.15. The van der Waals surface area contributed by atoms with Crippen molar-refractivity contribution in [3.05, 3.63) is 71.3 Å². The summed E-state index contributed by atoms with van der Waals surface area (Å²) in [6.07, 6.45) is 0. The minimum Gasteiger partial charge on any atom is -0.270 e. The van der Waals surface area contributed by atoms with E-state index in [0.717, 1.165) is 5.56 Å². The highest BCUT2D eigenvalue weighted by molar-refractivity contribution is 8.31. The van der Waals surface area contributed by atoms with Gasteiger partial charge in [0, 0.05) is 32.5 Å². The molecule has 0 fully saturated rings. The molecule has 2 aromatic carbocycles. The van der Waals surface area contributed by atoms with Crippen LogP contribution in [-0.4, -0.2) is 25.1 Å². The maximum absolute atomic E-state index is 12.2. The highest BCUT2D eigenvalue weighted by Gasteiger charge is 2.31. The molecule has 0 unspecified atom stereocenters. The van der Waals surface area contributed by atoms with Gasteiger partial charge in [0.2, 0.25) is 0 Å². The fourth-order valence-electron chi connectivity index (χ4n) is 2.15. The van der Waals surface area contributed by atoms with Gasteiger partial charge in [-0.15, -0.1) is 0 Å². The molecule has 23 heavy (non-hydrogen) atoms. The number of amides is 2. The molecule has 0 saturated carbocycles. The standard InChI is InChI=1S/C15H11NO2.Cl2O2S/c17-14(11-6-2-1-3-7-11)16-10-12-8-4-5-9-13(12)15(16)18;1-5(2,3)4/h1-9H,10H2;. The number of benzene rings is 2. The molecule has 120 valence electrons. The number of halogens is 2. The lowest BCUT2D eigenvalue weighted by Crippen LogP contribution is -2.31. The lowest BCUT2D eigenvalue weighted by molar-refractivity contribution is 0.0631. The molecule has 5 nitrogen and oxygen atoms in total. The van der Waals surface area contributed by atoms with E-state index in [0.29, 0.717) is 17.7 Å². The van der Waals surface area contributed by atoms with Crippen LogP contribution >= 0.6 is 21.4 Å². The molecule has 3 rings (SSSR count). The third-order valence-corrected chi connectivity index (χ3v) is 3.09. The SMILES string of the molecule is O=C(c1ccccc1)N1Cc2ccccc2C1=O.O=S(=O)(Cl)Cl. The topological polar surface area (TPSA) is 71.5 Å². The Morgan fingerprint density at radius 2 is 1.48 bits per heavy atom. The Labute approximate surface area is 142 Å². The molecule has 0 spiro atoms. The summed E-state index contributed by atoms with van der Waals surface area (Å²) in [5, 5.41) is 0. The van der Waals surface area contributed by atoms with Crippen LogP contribution in [0.15, 0.2) is 54.6 Å². The number of hydrogen-bond acceptors (Lipinski definition) is 4. The van der Waals surface area contributed by atoms with Gasteiger partial charge in [-0.3, -0.25) is 14.5 Å². The van der Waals surface area contributed by atoms with Crippen molar-refractivity contribution in [1.82, 2.24) is 4.90 Å². The van der Waals surface area contributed by atoms with E-state index in [2.05, 4.69) is 21.4 Å². The first-order valence-corrected chi connectivity index (χ1v) is 9.54. The Morgan fingerprint density at radius 1 is 0.957 bits per heavy atom. The molecule has 0 aliphatic carbocycles. The molecule has 0 bridgehead atoms. The average Bonchev–Trinajstić information content (AvgIpc) is 2.83. The Morgan fingerprint density at radius 3 is 2.04 bits per heavy atom. The van der Waals surface area contributed by atoms with Crippen molar-refractivity contribution in [1.29, 1.82) is 0 Å². The van der Waals surface area contributed by atoms with Crippen molar-refractivity contribution < 1.29 is 18.0 Å². The summed E-state index contributed by atoms with van der Waals surface area (Å²) >= 11 is 0. The van der Waals surface area contributed by atoms with Gasteiger partial charge in [-0.05, 0) is 23.8 Å². The highest BCUT2D eigenvalue weighted by Crippen LogP contribution is 2.23. The van der Waals surface area contributed by atoms with Crippen molar-refractivity contribution in [3.8, 4) is 0 Å². The molecular formula is C15H11Cl2NO4S. The third kappa shape index (κ3) is 4.79. The molecule has 2 aromatic rings. The van der Waals surface area contributed by atoms with Crippen LogP contribution in [0.5, 0.6) is 0 Å². The normalized spacial score (nSPS) is 13.1. The predicted molar refractivity (Wildman–Crippen MR) is 87.7 cm³/mol. The summed E-state index contributed by atoms with van der Waals surface area (Å²) in [5.41, 5.74) is 2.08. The van der Waals surface area contributed by atoms with E-state index in [-0.39, 0.29) is 11.8 Å². The summed E-state index contributed by atoms with van der Waals surface area (Å²) in [6, 6.07) is 16.2. The van der Waals surface area contributed by atoms with Crippen LogP contribution in [0.4, 0.5) is 0 Å². The Hall–Kier alpha value is -1.89. The van der Waals surface area contributed by atoms with Gasteiger partial charge in [0.25, 0.3) is 11.8 Å². The first kappa shape index (κ1) is 17.5. The Bertz CT molecular complexity index is 830. The zero-order chi connectivity index (χ0) is 17.0. The predicted octanol–water partition coefficient (Wildman–Crippen LogP) is 3.19. The number of nitrogens with zero attached hydrogens (tertiary/aromatic N) is 1. The summed E-state index contributed by atoms with van der Waals surface area (Å²) in [6.45, 7) is 0.364. The van der Waals surface area contributed by atoms with E-state index in [9.17, 15) is 9.59 Å². The zero-order valence-corrected chi connectivity index (χ0v) is 14.0. The van der Waals surface area contributed by atoms with E-state index < -0.39 is 8.26 Å². The quantitative estimate of drug-likeness (QED) is 0.569. The molecule has 0 radical (unpaired) electrons. The molecule has 1 aliphatic rings. The minimum absolute atomic E-state index is 0.209. The van der Waals surface area contributed by atoms with E-state index in [1.165, 1.54) is 4.90 Å². The second-order valence-corrected chi connectivity index (χ2v) is 8.27. The van der Waals surface area contributed by atoms with Gasteiger partial charge in [0.1, 0.15) is 0 Å². The van der Waals surface area contributed by atoms with Gasteiger partial charge in [0.15, 0.2) is 0 Å². The second-order valence-electron chi connectivity index (χ2n) is 4.60. The van der Waals surface area contributed by atoms with Crippen molar-refractivity contribution >= 4 is 41.4 Å². The first-order chi connectivity index (χ1) is 10.8. The van der Waals surface area contributed by atoms with Gasteiger partial charge in [0.05, 0.1) is 6.54 Å². The van der Waals surface area contributed by atoms with Crippen LogP contribution in [0.1, 0.15) is 26.3 Å². The molecule has 0 N–H and O–H groups in total. The second kappa shape index (κ2) is 7.12. The maximum atomic E-state index is 12.2. The maximum Gasteiger partial charge on any atom is 0.317 e. The number of rotatable bonds is 1. The molecule has 1 aliphatic heterocycles. The number of carbonyl (C=O) groups is 2. The number of fused-ring (bicyclic) bond motifs is 1. The molecule has 0 aromatic heterocycles. The van der Waals surface area contributed by atoms with E-state index >= 15 is 0 Å². The van der Waals surface area contributed by atoms with Gasteiger partial charge in [-0.2, -0.15) is 8.42 Å². The minimum atomic E-state index is -3.72. The van der Waals surface area contributed by atoms with Gasteiger partial charge in [-0.1, -0.05) is 36.4 Å². The van der Waals surface area contributed by atoms with Crippen molar-refractivity contribution in [2.45, 2.75) is 6.54 Å². The van der Waals surface area contributed by atoms with Gasteiger partial charge in [-0.25, -0.2) is 0 Å². The van der Waals surface area contributed by atoms with E-state index in [1.807, 2.05) is 24.3 Å². The van der Waals surface area contributed by atoms with Crippen LogP contribution in [0.25, 0.3) is 0 Å². The van der Waals surface area contributed by atoms with Crippen LogP contribution in [-0.2, 0) is 14.8 Å². The average molecular weight is 372 g/mol. The van der Waals surface area contributed by atoms with Crippen molar-refractivity contribution in [2.24, 2.45) is 0 Å². The lowest BCUT2D eigenvalue weighted by Gasteiger charge is -2.13. The Kier molecular flexibility index (Phi) is 5.41. The van der Waals surface area contributed by atoms with E-state index in [4.69, 9.17) is 8.42 Å². The molecule has 0 saturated heterocycles. The van der Waals surface area contributed by atoms with Crippen LogP contribution in [0.3, 0.4) is 0 Å². The summed E-state index contributed by atoms with van der Waals surface area (Å²) in [5.74, 6) is -0.448. The third-order valence-electron chi connectivity index (χ3n) is 3.09. The van der Waals surface area contributed by atoms with Crippen molar-refractivity contribution in [2.75, 3.05) is 0 Å². The first-order valence-electron chi connectivity index (χ1n) is 6.41. The van der Waals surface area contributed by atoms with Crippen LogP contribution in [0, 0.1) is 0 Å². The lowest BCUT2D eigenvalue weighted by atomic mass is 10.1. The molecule has 8 heteroatoms. The van der Waals surface area contributed by atoms with E-state index in [1.54, 1.807) is 30.3 Å². The number of hydrogen-bond donors (Lipinski definition) is 0. The van der Waals surface area contributed by atoms with Crippen LogP contribution in [0.2, 0.25) is 0 Å². The largest absolute Gasteiger partial charge is 0.317 e. The number of carbonyl (C=O) groups excluding carboxylic acids is 2. The highest BCUT2D eigenvalue weighted by atomic mass is 36.0. The Balaban J connectivity index is 0.000000338.